The molecule has 0 aromatic rings. The first kappa shape index (κ1) is 13.4. The van der Waals surface area contributed by atoms with E-state index in [-0.39, 0.29) is 24.3 Å². The molecule has 5 nitrogen and oxygen atoms in total. The Hall–Kier alpha value is -0.620. The average molecular weight is 250 g/mol. The van der Waals surface area contributed by atoms with Crippen molar-refractivity contribution in [1.82, 2.24) is 0 Å². The van der Waals surface area contributed by atoms with E-state index >= 15 is 0 Å². The second kappa shape index (κ2) is 4.00. The number of carbonyl (C=O) groups is 1. The van der Waals surface area contributed by atoms with Crippen molar-refractivity contribution in [2.45, 2.75) is 44.8 Å². The van der Waals surface area contributed by atoms with Crippen molar-refractivity contribution in [2.75, 3.05) is 11.5 Å². The predicted octanol–water partition coefficient (Wildman–Crippen LogP) is 0.268. The van der Waals surface area contributed by atoms with Crippen LogP contribution >= 0.6 is 0 Å². The second-order valence-electron chi connectivity index (χ2n) is 5.33. The number of sulfone groups is 1. The van der Waals surface area contributed by atoms with Gasteiger partial charge in [-0.3, -0.25) is 4.79 Å². The van der Waals surface area contributed by atoms with Crippen LogP contribution in [0.2, 0.25) is 0 Å². The molecule has 94 valence electrons. The highest BCUT2D eigenvalue weighted by Crippen LogP contribution is 2.27. The lowest BCUT2D eigenvalue weighted by atomic mass is 9.99. The Morgan fingerprint density at radius 2 is 2.00 bits per heavy atom. The molecular weight excluding hydrogens is 232 g/mol. The predicted molar refractivity (Wildman–Crippen MR) is 58.7 cm³/mol. The van der Waals surface area contributed by atoms with Crippen LogP contribution in [0, 0.1) is 0 Å². The van der Waals surface area contributed by atoms with Gasteiger partial charge in [0.15, 0.2) is 9.84 Å². The fourth-order valence-corrected chi connectivity index (χ4v) is 3.59. The first-order valence-corrected chi connectivity index (χ1v) is 6.98. The van der Waals surface area contributed by atoms with Crippen LogP contribution in [0.1, 0.15) is 33.6 Å². The van der Waals surface area contributed by atoms with Gasteiger partial charge in [-0.2, -0.15) is 0 Å². The molecule has 1 heterocycles. The maximum absolute atomic E-state index is 11.5. The fourth-order valence-electron chi connectivity index (χ4n) is 1.68. The van der Waals surface area contributed by atoms with Gasteiger partial charge in [0.2, 0.25) is 0 Å². The van der Waals surface area contributed by atoms with E-state index in [9.17, 15) is 18.3 Å². The van der Waals surface area contributed by atoms with Crippen LogP contribution in [0.4, 0.5) is 0 Å². The maximum atomic E-state index is 11.5. The number of hydrogen-bond donors (Lipinski definition) is 1. The molecule has 1 atom stereocenters. The maximum Gasteiger partial charge on any atom is 0.309 e. The minimum Gasteiger partial charge on any atom is -0.460 e. The van der Waals surface area contributed by atoms with Crippen LogP contribution in [-0.4, -0.2) is 42.2 Å². The molecule has 6 heteroatoms. The Morgan fingerprint density at radius 1 is 1.44 bits per heavy atom. The first-order chi connectivity index (χ1) is 7.02. The van der Waals surface area contributed by atoms with E-state index in [1.807, 2.05) is 0 Å². The number of rotatable bonds is 2. The summed E-state index contributed by atoms with van der Waals surface area (Å²) >= 11 is 0. The third-order valence-electron chi connectivity index (χ3n) is 2.26. The number of hydrogen-bond acceptors (Lipinski definition) is 5. The largest absolute Gasteiger partial charge is 0.460 e. The molecule has 0 aromatic carbocycles. The molecule has 0 saturated carbocycles. The molecule has 1 fully saturated rings. The minimum absolute atomic E-state index is 0.0632. The fraction of sp³-hybridized carbons (Fsp3) is 0.900. The zero-order valence-electron chi connectivity index (χ0n) is 9.82. The van der Waals surface area contributed by atoms with Crippen LogP contribution in [0.25, 0.3) is 0 Å². The molecule has 0 bridgehead atoms. The Bertz CT molecular complexity index is 379. The third-order valence-corrected chi connectivity index (χ3v) is 4.06. The van der Waals surface area contributed by atoms with Crippen LogP contribution < -0.4 is 0 Å². The van der Waals surface area contributed by atoms with Crippen LogP contribution in [0.15, 0.2) is 0 Å². The molecule has 0 amide bonds. The number of ether oxygens (including phenoxy) is 1. The molecule has 0 radical (unpaired) electrons. The van der Waals surface area contributed by atoms with Gasteiger partial charge in [-0.05, 0) is 27.2 Å². The summed E-state index contributed by atoms with van der Waals surface area (Å²) < 4.78 is 27.4. The lowest BCUT2D eigenvalue weighted by molar-refractivity contribution is -0.159. The van der Waals surface area contributed by atoms with Crippen molar-refractivity contribution in [3.8, 4) is 0 Å². The number of aliphatic hydroxyl groups is 1. The van der Waals surface area contributed by atoms with E-state index in [0.717, 1.165) is 0 Å². The summed E-state index contributed by atoms with van der Waals surface area (Å²) in [6.07, 6.45) is -0.155. The molecule has 1 unspecified atom stereocenters. The molecule has 1 N–H and O–H groups in total. The molecule has 1 saturated heterocycles. The Kier molecular flexibility index (Phi) is 3.36. The van der Waals surface area contributed by atoms with Crippen LogP contribution in [0.5, 0.6) is 0 Å². The molecule has 1 aliphatic rings. The zero-order chi connectivity index (χ0) is 12.6. The van der Waals surface area contributed by atoms with Gasteiger partial charge in [-0.25, -0.2) is 8.42 Å². The van der Waals surface area contributed by atoms with Gasteiger partial charge in [0, 0.05) is 0 Å². The molecule has 0 spiro atoms. The topological polar surface area (TPSA) is 80.7 Å². The summed E-state index contributed by atoms with van der Waals surface area (Å²) in [4.78, 5) is 11.5. The summed E-state index contributed by atoms with van der Waals surface area (Å²) in [7, 11) is -3.20. The summed E-state index contributed by atoms with van der Waals surface area (Å²) in [6, 6.07) is 0. The average Bonchev–Trinajstić information content (AvgIpc) is 2.19. The summed E-state index contributed by atoms with van der Waals surface area (Å²) in [5.74, 6) is -0.974. The van der Waals surface area contributed by atoms with Crippen molar-refractivity contribution in [3.05, 3.63) is 0 Å². The standard InChI is InChI=1S/C10H18O5S/c1-9(2,3)15-8(11)6-10(12)4-5-16(13,14)7-10/h12H,4-7H2,1-3H3. The molecule has 1 aliphatic heterocycles. The van der Waals surface area contributed by atoms with Crippen molar-refractivity contribution in [3.63, 3.8) is 0 Å². The highest BCUT2D eigenvalue weighted by Gasteiger charge is 2.42. The Balaban J connectivity index is 2.59. The summed E-state index contributed by atoms with van der Waals surface area (Å²) in [5, 5.41) is 9.91. The SMILES string of the molecule is CC(C)(C)OC(=O)CC1(O)CCS(=O)(=O)C1. The van der Waals surface area contributed by atoms with E-state index in [4.69, 9.17) is 4.74 Å². The first-order valence-electron chi connectivity index (χ1n) is 5.16. The van der Waals surface area contributed by atoms with Gasteiger partial charge < -0.3 is 9.84 Å². The van der Waals surface area contributed by atoms with Gasteiger partial charge >= 0.3 is 5.97 Å². The third kappa shape index (κ3) is 4.09. The lowest BCUT2D eigenvalue weighted by Crippen LogP contribution is -2.36. The van der Waals surface area contributed by atoms with Crippen LogP contribution in [0.3, 0.4) is 0 Å². The molecule has 16 heavy (non-hydrogen) atoms. The summed E-state index contributed by atoms with van der Waals surface area (Å²) in [5.41, 5.74) is -2.06. The zero-order valence-corrected chi connectivity index (χ0v) is 10.6. The highest BCUT2D eigenvalue weighted by molar-refractivity contribution is 7.91. The van der Waals surface area contributed by atoms with Crippen molar-refractivity contribution < 1.29 is 23.1 Å². The van der Waals surface area contributed by atoms with Gasteiger partial charge in [0.05, 0.1) is 23.5 Å². The van der Waals surface area contributed by atoms with E-state index in [2.05, 4.69) is 0 Å². The molecule has 1 rings (SSSR count). The van der Waals surface area contributed by atoms with Crippen molar-refractivity contribution >= 4 is 15.8 Å². The molecule has 0 aliphatic carbocycles. The monoisotopic (exact) mass is 250 g/mol. The van der Waals surface area contributed by atoms with Gasteiger partial charge in [0.25, 0.3) is 0 Å². The smallest absolute Gasteiger partial charge is 0.309 e. The molecular formula is C10H18O5S. The van der Waals surface area contributed by atoms with Crippen molar-refractivity contribution in [1.29, 1.82) is 0 Å². The van der Waals surface area contributed by atoms with E-state index < -0.39 is 27.0 Å². The van der Waals surface area contributed by atoms with E-state index in [1.165, 1.54) is 0 Å². The second-order valence-corrected chi connectivity index (χ2v) is 7.51. The minimum atomic E-state index is -3.20. The number of carbonyl (C=O) groups excluding carboxylic acids is 1. The van der Waals surface area contributed by atoms with Crippen molar-refractivity contribution in [2.24, 2.45) is 0 Å². The normalized spacial score (nSPS) is 29.0. The lowest BCUT2D eigenvalue weighted by Gasteiger charge is -2.24. The molecule has 0 aromatic heterocycles. The Labute approximate surface area is 95.7 Å². The number of esters is 1. The van der Waals surface area contributed by atoms with Gasteiger partial charge in [-0.1, -0.05) is 0 Å². The van der Waals surface area contributed by atoms with Gasteiger partial charge in [-0.15, -0.1) is 0 Å². The van der Waals surface area contributed by atoms with E-state index in [0.29, 0.717) is 0 Å². The highest BCUT2D eigenvalue weighted by atomic mass is 32.2. The quantitative estimate of drug-likeness (QED) is 0.711. The van der Waals surface area contributed by atoms with Gasteiger partial charge in [0.1, 0.15) is 5.60 Å². The van der Waals surface area contributed by atoms with E-state index in [1.54, 1.807) is 20.8 Å². The van der Waals surface area contributed by atoms with Crippen LogP contribution in [-0.2, 0) is 19.4 Å². The Morgan fingerprint density at radius 3 is 2.38 bits per heavy atom. The summed E-state index contributed by atoms with van der Waals surface area (Å²) in [6.45, 7) is 5.17.